The van der Waals surface area contributed by atoms with Crippen LogP contribution in [0.15, 0.2) is 11.6 Å². The second-order valence-corrected chi connectivity index (χ2v) is 5.83. The molecule has 2 heterocycles. The molecule has 2 N–H and O–H groups in total. The van der Waals surface area contributed by atoms with Gasteiger partial charge in [-0.25, -0.2) is 4.98 Å². The van der Waals surface area contributed by atoms with Crippen LogP contribution >= 0.6 is 11.3 Å². The summed E-state index contributed by atoms with van der Waals surface area (Å²) in [7, 11) is 0. The quantitative estimate of drug-likeness (QED) is 0.873. The van der Waals surface area contributed by atoms with E-state index in [1.807, 2.05) is 29.8 Å². The van der Waals surface area contributed by atoms with Crippen LogP contribution in [0.3, 0.4) is 0 Å². The van der Waals surface area contributed by atoms with Gasteiger partial charge < -0.3 is 10.4 Å². The monoisotopic (exact) mass is 281 g/mol. The summed E-state index contributed by atoms with van der Waals surface area (Å²) in [5.41, 5.74) is 1.90. The van der Waals surface area contributed by atoms with E-state index in [0.29, 0.717) is 12.8 Å². The summed E-state index contributed by atoms with van der Waals surface area (Å²) in [4.78, 5) is 17.2. The van der Waals surface area contributed by atoms with Crippen LogP contribution in [0.25, 0.3) is 4.96 Å². The van der Waals surface area contributed by atoms with E-state index in [4.69, 9.17) is 0 Å². The Hall–Kier alpha value is -1.40. The largest absolute Gasteiger partial charge is 0.393 e. The van der Waals surface area contributed by atoms with Crippen molar-refractivity contribution in [2.45, 2.75) is 45.8 Å². The van der Waals surface area contributed by atoms with Crippen LogP contribution < -0.4 is 5.32 Å². The van der Waals surface area contributed by atoms with Gasteiger partial charge in [-0.2, -0.15) is 0 Å². The van der Waals surface area contributed by atoms with E-state index >= 15 is 0 Å². The number of hydrogen-bond donors (Lipinski definition) is 2. The molecule has 0 saturated carbocycles. The summed E-state index contributed by atoms with van der Waals surface area (Å²) in [5, 5.41) is 14.1. The van der Waals surface area contributed by atoms with E-state index in [9.17, 15) is 9.90 Å². The third-order valence-electron chi connectivity index (χ3n) is 2.85. The molecule has 2 unspecified atom stereocenters. The number of imidazole rings is 1. The first-order valence-corrected chi connectivity index (χ1v) is 7.23. The molecule has 0 aliphatic rings. The second-order valence-electron chi connectivity index (χ2n) is 4.99. The van der Waals surface area contributed by atoms with Gasteiger partial charge in [0.25, 0.3) is 0 Å². The van der Waals surface area contributed by atoms with Crippen LogP contribution in [0.2, 0.25) is 0 Å². The number of carbonyl (C=O) groups excluding carboxylic acids is 1. The maximum atomic E-state index is 11.9. The third-order valence-corrected chi connectivity index (χ3v) is 3.74. The topological polar surface area (TPSA) is 66.6 Å². The number of aliphatic hydroxyl groups excluding tert-OH is 1. The highest BCUT2D eigenvalue weighted by Gasteiger charge is 2.13. The Bertz CT molecular complexity index is 573. The van der Waals surface area contributed by atoms with Crippen molar-refractivity contribution in [3.8, 4) is 0 Å². The minimum atomic E-state index is -0.403. The van der Waals surface area contributed by atoms with Gasteiger partial charge in [0, 0.05) is 23.3 Å². The van der Waals surface area contributed by atoms with Crippen LogP contribution in [-0.4, -0.2) is 32.5 Å². The zero-order chi connectivity index (χ0) is 14.0. The van der Waals surface area contributed by atoms with Crippen molar-refractivity contribution in [3.63, 3.8) is 0 Å². The van der Waals surface area contributed by atoms with Crippen molar-refractivity contribution < 1.29 is 9.90 Å². The van der Waals surface area contributed by atoms with Crippen molar-refractivity contribution in [2.24, 2.45) is 0 Å². The molecular formula is C13H19N3O2S. The summed E-state index contributed by atoms with van der Waals surface area (Å²) in [6.45, 7) is 5.56. The van der Waals surface area contributed by atoms with Gasteiger partial charge in [-0.3, -0.25) is 9.20 Å². The number of aromatic nitrogens is 2. The van der Waals surface area contributed by atoms with Crippen molar-refractivity contribution in [3.05, 3.63) is 23.0 Å². The molecule has 0 radical (unpaired) electrons. The molecule has 104 valence electrons. The normalized spacial score (nSPS) is 14.5. The number of rotatable bonds is 5. The Morgan fingerprint density at radius 2 is 2.32 bits per heavy atom. The number of carbonyl (C=O) groups is 1. The van der Waals surface area contributed by atoms with Gasteiger partial charge in [-0.15, -0.1) is 11.3 Å². The summed E-state index contributed by atoms with van der Waals surface area (Å²) >= 11 is 1.54. The molecule has 0 spiro atoms. The van der Waals surface area contributed by atoms with Crippen LogP contribution in [0, 0.1) is 6.92 Å². The Balaban J connectivity index is 1.98. The Morgan fingerprint density at radius 1 is 1.58 bits per heavy atom. The maximum absolute atomic E-state index is 11.9. The first-order chi connectivity index (χ1) is 8.95. The molecule has 5 nitrogen and oxygen atoms in total. The minimum Gasteiger partial charge on any atom is -0.393 e. The van der Waals surface area contributed by atoms with Crippen LogP contribution in [0.1, 0.15) is 31.7 Å². The summed E-state index contributed by atoms with van der Waals surface area (Å²) in [5.74, 6) is -0.0285. The van der Waals surface area contributed by atoms with E-state index in [2.05, 4.69) is 10.3 Å². The lowest BCUT2D eigenvalue weighted by Gasteiger charge is -2.15. The smallest absolute Gasteiger partial charge is 0.226 e. The predicted molar refractivity (Wildman–Crippen MR) is 75.4 cm³/mol. The molecule has 19 heavy (non-hydrogen) atoms. The first-order valence-electron chi connectivity index (χ1n) is 6.35. The molecule has 2 aromatic heterocycles. The summed E-state index contributed by atoms with van der Waals surface area (Å²) < 4.78 is 1.96. The van der Waals surface area contributed by atoms with Gasteiger partial charge in [0.2, 0.25) is 5.91 Å². The fourth-order valence-electron chi connectivity index (χ4n) is 2.13. The lowest BCUT2D eigenvalue weighted by molar-refractivity contribution is -0.121. The zero-order valence-electron chi connectivity index (χ0n) is 11.4. The lowest BCUT2D eigenvalue weighted by Crippen LogP contribution is -2.35. The Kier molecular flexibility index (Phi) is 4.21. The number of fused-ring (bicyclic) bond motifs is 1. The Morgan fingerprint density at radius 3 is 3.00 bits per heavy atom. The number of amides is 1. The average molecular weight is 281 g/mol. The van der Waals surface area contributed by atoms with Crippen LogP contribution in [0.4, 0.5) is 0 Å². The standard InChI is InChI=1S/C13H19N3O2S/c1-8(4-10(3)17)14-12(18)5-11-7-19-13-15-9(2)6-16(11)13/h6-8,10,17H,4-5H2,1-3H3,(H,14,18). The highest BCUT2D eigenvalue weighted by Crippen LogP contribution is 2.16. The molecule has 0 bridgehead atoms. The van der Waals surface area contributed by atoms with Crippen LogP contribution in [-0.2, 0) is 11.2 Å². The van der Waals surface area contributed by atoms with Crippen molar-refractivity contribution >= 4 is 22.2 Å². The lowest BCUT2D eigenvalue weighted by atomic mass is 10.1. The molecule has 2 atom stereocenters. The van der Waals surface area contributed by atoms with Crippen molar-refractivity contribution in [1.29, 1.82) is 0 Å². The molecule has 0 aliphatic carbocycles. The van der Waals surface area contributed by atoms with Crippen molar-refractivity contribution in [2.75, 3.05) is 0 Å². The number of thiazole rings is 1. The molecule has 6 heteroatoms. The van der Waals surface area contributed by atoms with Gasteiger partial charge in [-0.05, 0) is 27.2 Å². The van der Waals surface area contributed by atoms with E-state index in [1.165, 1.54) is 11.3 Å². The van der Waals surface area contributed by atoms with Gasteiger partial charge in [0.1, 0.15) is 0 Å². The third kappa shape index (κ3) is 3.54. The first kappa shape index (κ1) is 14.0. The van der Waals surface area contributed by atoms with Gasteiger partial charge in [0.05, 0.1) is 18.2 Å². The second kappa shape index (κ2) is 5.71. The fraction of sp³-hybridized carbons (Fsp3) is 0.538. The average Bonchev–Trinajstić information content (AvgIpc) is 2.78. The number of nitrogens with one attached hydrogen (secondary N) is 1. The van der Waals surface area contributed by atoms with E-state index < -0.39 is 6.10 Å². The number of aryl methyl sites for hydroxylation is 1. The van der Waals surface area contributed by atoms with Gasteiger partial charge >= 0.3 is 0 Å². The summed E-state index contributed by atoms with van der Waals surface area (Å²) in [6, 6.07) is -0.0221. The molecule has 2 aromatic rings. The predicted octanol–water partition coefficient (Wildman–Crippen LogP) is 1.52. The highest BCUT2D eigenvalue weighted by molar-refractivity contribution is 7.15. The highest BCUT2D eigenvalue weighted by atomic mass is 32.1. The fourth-order valence-corrected chi connectivity index (χ4v) is 3.05. The maximum Gasteiger partial charge on any atom is 0.226 e. The summed E-state index contributed by atoms with van der Waals surface area (Å²) in [6.07, 6.45) is 2.43. The number of hydrogen-bond acceptors (Lipinski definition) is 4. The number of aliphatic hydroxyl groups is 1. The molecule has 0 aromatic carbocycles. The van der Waals surface area contributed by atoms with Crippen LogP contribution in [0.5, 0.6) is 0 Å². The van der Waals surface area contributed by atoms with E-state index in [1.54, 1.807) is 6.92 Å². The minimum absolute atomic E-state index is 0.0221. The van der Waals surface area contributed by atoms with E-state index in [0.717, 1.165) is 16.3 Å². The SMILES string of the molecule is Cc1cn2c(CC(=O)NC(C)CC(C)O)csc2n1. The van der Waals surface area contributed by atoms with E-state index in [-0.39, 0.29) is 11.9 Å². The molecule has 1 amide bonds. The zero-order valence-corrected chi connectivity index (χ0v) is 12.2. The molecule has 0 saturated heterocycles. The number of nitrogens with zero attached hydrogens (tertiary/aromatic N) is 2. The molecule has 0 aliphatic heterocycles. The van der Waals surface area contributed by atoms with Gasteiger partial charge in [0.15, 0.2) is 4.96 Å². The van der Waals surface area contributed by atoms with Gasteiger partial charge in [-0.1, -0.05) is 0 Å². The Labute approximate surface area is 116 Å². The van der Waals surface area contributed by atoms with Crippen molar-refractivity contribution in [1.82, 2.24) is 14.7 Å². The molecule has 0 fully saturated rings. The molecular weight excluding hydrogens is 262 g/mol. The molecule has 2 rings (SSSR count).